The lowest BCUT2D eigenvalue weighted by molar-refractivity contribution is -0.173. The number of aromatic nitrogens is 2. The minimum Gasteiger partial charge on any atom is -0.467 e. The molecule has 0 aliphatic heterocycles. The van der Waals surface area contributed by atoms with Gasteiger partial charge in [-0.1, -0.05) is 0 Å². The molecule has 1 rings (SSSR count). The normalized spacial score (nSPS) is 12.3. The van der Waals surface area contributed by atoms with Crippen LogP contribution in [0.1, 0.15) is 12.1 Å². The van der Waals surface area contributed by atoms with Gasteiger partial charge >= 0.3 is 18.1 Å². The fourth-order valence-electron chi connectivity index (χ4n) is 1.61. The van der Waals surface area contributed by atoms with Crippen LogP contribution in [0.4, 0.5) is 13.2 Å². The summed E-state index contributed by atoms with van der Waals surface area (Å²) in [6.45, 7) is -0.512. The molecule has 0 fully saturated rings. The second-order valence-electron chi connectivity index (χ2n) is 4.43. The van der Waals surface area contributed by atoms with Crippen molar-refractivity contribution >= 4 is 17.8 Å². The summed E-state index contributed by atoms with van der Waals surface area (Å²) < 4.78 is 40.4. The van der Waals surface area contributed by atoms with Crippen molar-refractivity contribution in [2.24, 2.45) is 0 Å². The summed E-state index contributed by atoms with van der Waals surface area (Å²) in [6, 6.07) is -1.02. The SMILES string of the molecule is COC(=O)[C@H](Cc1cnc[nH]1)NC(=O)CCNC(=O)C(F)(F)F. The third-order valence-electron chi connectivity index (χ3n) is 2.69. The molecule has 0 spiro atoms. The van der Waals surface area contributed by atoms with Gasteiger partial charge in [0.25, 0.3) is 0 Å². The second-order valence-corrected chi connectivity index (χ2v) is 4.43. The number of carbonyl (C=O) groups excluding carboxylic acids is 3. The van der Waals surface area contributed by atoms with E-state index in [0.29, 0.717) is 5.69 Å². The number of nitrogens with one attached hydrogen (secondary N) is 3. The largest absolute Gasteiger partial charge is 0.471 e. The first-order valence-electron chi connectivity index (χ1n) is 6.43. The van der Waals surface area contributed by atoms with Gasteiger partial charge in [0.05, 0.1) is 13.4 Å². The highest BCUT2D eigenvalue weighted by molar-refractivity contribution is 5.85. The Balaban J connectivity index is 2.47. The van der Waals surface area contributed by atoms with E-state index in [1.807, 2.05) is 0 Å². The number of H-pyrrole nitrogens is 1. The molecular formula is C12H15F3N4O4. The molecule has 0 saturated carbocycles. The number of methoxy groups -OCH3 is 1. The Kier molecular flexibility index (Phi) is 6.54. The number of hydrogen-bond acceptors (Lipinski definition) is 5. The standard InChI is InChI=1S/C12H15F3N4O4/c1-23-10(21)8(4-7-5-16-6-18-7)19-9(20)2-3-17-11(22)12(13,14)15/h5-6,8H,2-4H2,1H3,(H,16,18)(H,17,22)(H,19,20)/t8-/m0/s1. The Hall–Kier alpha value is -2.59. The van der Waals surface area contributed by atoms with Crippen LogP contribution in [-0.2, 0) is 25.5 Å². The van der Waals surface area contributed by atoms with E-state index in [0.717, 1.165) is 7.11 Å². The molecule has 1 heterocycles. The maximum atomic E-state index is 12.0. The number of esters is 1. The molecule has 23 heavy (non-hydrogen) atoms. The molecule has 2 amide bonds. The summed E-state index contributed by atoms with van der Waals surface area (Å²) in [5.41, 5.74) is 0.561. The number of halogens is 3. The van der Waals surface area contributed by atoms with E-state index in [1.54, 1.807) is 5.32 Å². The van der Waals surface area contributed by atoms with Gasteiger partial charge in [0.2, 0.25) is 5.91 Å². The van der Waals surface area contributed by atoms with E-state index >= 15 is 0 Å². The Morgan fingerprint density at radius 2 is 2.09 bits per heavy atom. The van der Waals surface area contributed by atoms with Crippen LogP contribution in [0, 0.1) is 0 Å². The van der Waals surface area contributed by atoms with E-state index in [-0.39, 0.29) is 6.42 Å². The van der Waals surface area contributed by atoms with Crippen molar-refractivity contribution in [1.29, 1.82) is 0 Å². The van der Waals surface area contributed by atoms with Crippen LogP contribution in [0.2, 0.25) is 0 Å². The number of nitrogens with zero attached hydrogens (tertiary/aromatic N) is 1. The van der Waals surface area contributed by atoms with Gasteiger partial charge in [0.15, 0.2) is 0 Å². The molecule has 0 radical (unpaired) electrons. The molecule has 0 aromatic carbocycles. The molecule has 0 aliphatic rings. The third kappa shape index (κ3) is 6.36. The average Bonchev–Trinajstić information content (AvgIpc) is 2.97. The van der Waals surface area contributed by atoms with Crippen LogP contribution >= 0.6 is 0 Å². The maximum Gasteiger partial charge on any atom is 0.471 e. The van der Waals surface area contributed by atoms with Gasteiger partial charge in [-0.15, -0.1) is 0 Å². The summed E-state index contributed by atoms with van der Waals surface area (Å²) in [6.07, 6.45) is -2.51. The summed E-state index contributed by atoms with van der Waals surface area (Å²) in [7, 11) is 1.14. The molecule has 1 aromatic rings. The first kappa shape index (κ1) is 18.5. The molecule has 3 N–H and O–H groups in total. The predicted octanol–water partition coefficient (Wildman–Crippen LogP) is -0.321. The molecule has 0 bridgehead atoms. The van der Waals surface area contributed by atoms with E-state index in [2.05, 4.69) is 20.0 Å². The Morgan fingerprint density at radius 3 is 2.61 bits per heavy atom. The number of imidazole rings is 1. The molecular weight excluding hydrogens is 321 g/mol. The zero-order valence-corrected chi connectivity index (χ0v) is 12.1. The van der Waals surface area contributed by atoms with Gasteiger partial charge in [-0.2, -0.15) is 13.2 Å². The summed E-state index contributed by atoms with van der Waals surface area (Å²) in [5, 5.41) is 3.88. The van der Waals surface area contributed by atoms with Crippen molar-refractivity contribution in [2.75, 3.05) is 13.7 Å². The van der Waals surface area contributed by atoms with Crippen molar-refractivity contribution in [2.45, 2.75) is 25.1 Å². The molecule has 11 heteroatoms. The van der Waals surface area contributed by atoms with Crippen LogP contribution in [0.25, 0.3) is 0 Å². The van der Waals surface area contributed by atoms with Crippen molar-refractivity contribution in [3.8, 4) is 0 Å². The average molecular weight is 336 g/mol. The second kappa shape index (κ2) is 8.15. The van der Waals surface area contributed by atoms with E-state index in [4.69, 9.17) is 0 Å². The zero-order chi connectivity index (χ0) is 17.5. The van der Waals surface area contributed by atoms with Crippen molar-refractivity contribution in [3.05, 3.63) is 18.2 Å². The van der Waals surface area contributed by atoms with Gasteiger partial charge in [-0.05, 0) is 0 Å². The number of alkyl halides is 3. The smallest absolute Gasteiger partial charge is 0.467 e. The van der Waals surface area contributed by atoms with Crippen LogP contribution in [0.3, 0.4) is 0 Å². The highest BCUT2D eigenvalue weighted by atomic mass is 19.4. The van der Waals surface area contributed by atoms with E-state index in [1.165, 1.54) is 12.5 Å². The highest BCUT2D eigenvalue weighted by Crippen LogP contribution is 2.13. The minimum absolute atomic E-state index is 0.0767. The number of amides is 2. The van der Waals surface area contributed by atoms with E-state index < -0.39 is 43.0 Å². The first-order valence-corrected chi connectivity index (χ1v) is 6.43. The Labute approximate surface area is 128 Å². The molecule has 8 nitrogen and oxygen atoms in total. The van der Waals surface area contributed by atoms with Crippen molar-refractivity contribution in [1.82, 2.24) is 20.6 Å². The van der Waals surface area contributed by atoms with Crippen LogP contribution in [0.15, 0.2) is 12.5 Å². The van der Waals surface area contributed by atoms with Crippen LogP contribution in [-0.4, -0.2) is 53.6 Å². The van der Waals surface area contributed by atoms with Gasteiger partial charge in [-0.25, -0.2) is 9.78 Å². The Morgan fingerprint density at radius 1 is 1.39 bits per heavy atom. The molecule has 1 aromatic heterocycles. The van der Waals surface area contributed by atoms with Gasteiger partial charge < -0.3 is 20.4 Å². The summed E-state index contributed by atoms with van der Waals surface area (Å²) in [4.78, 5) is 40.3. The number of hydrogen-bond donors (Lipinski definition) is 3. The summed E-state index contributed by atoms with van der Waals surface area (Å²) in [5.74, 6) is -3.55. The third-order valence-corrected chi connectivity index (χ3v) is 2.69. The van der Waals surface area contributed by atoms with E-state index in [9.17, 15) is 27.6 Å². The van der Waals surface area contributed by atoms with Crippen molar-refractivity contribution < 1.29 is 32.3 Å². The number of ether oxygens (including phenoxy) is 1. The monoisotopic (exact) mass is 336 g/mol. The lowest BCUT2D eigenvalue weighted by atomic mass is 10.1. The first-order chi connectivity index (χ1) is 10.7. The van der Waals surface area contributed by atoms with Crippen molar-refractivity contribution in [3.63, 3.8) is 0 Å². The number of aromatic amines is 1. The Bertz CT molecular complexity index is 545. The molecule has 0 aliphatic carbocycles. The minimum atomic E-state index is -5.01. The fourth-order valence-corrected chi connectivity index (χ4v) is 1.61. The summed E-state index contributed by atoms with van der Waals surface area (Å²) >= 11 is 0. The lowest BCUT2D eigenvalue weighted by Gasteiger charge is -2.16. The molecule has 1 atom stereocenters. The quantitative estimate of drug-likeness (QED) is 0.591. The highest BCUT2D eigenvalue weighted by Gasteiger charge is 2.38. The molecule has 0 unspecified atom stereocenters. The van der Waals surface area contributed by atoms with Gasteiger partial charge in [0, 0.05) is 31.3 Å². The molecule has 0 saturated heterocycles. The number of rotatable bonds is 7. The molecule has 128 valence electrons. The maximum absolute atomic E-state index is 12.0. The topological polar surface area (TPSA) is 113 Å². The van der Waals surface area contributed by atoms with Gasteiger partial charge in [-0.3, -0.25) is 9.59 Å². The van der Waals surface area contributed by atoms with Gasteiger partial charge in [0.1, 0.15) is 6.04 Å². The zero-order valence-electron chi connectivity index (χ0n) is 12.1. The predicted molar refractivity (Wildman–Crippen MR) is 69.9 cm³/mol. The lowest BCUT2D eigenvalue weighted by Crippen LogP contribution is -2.44. The van der Waals surface area contributed by atoms with Crippen LogP contribution < -0.4 is 10.6 Å². The fraction of sp³-hybridized carbons (Fsp3) is 0.500. The number of carbonyl (C=O) groups is 3. The van der Waals surface area contributed by atoms with Crippen LogP contribution in [0.5, 0.6) is 0 Å².